The number of aliphatic imine (C=N–C) groups is 1. The quantitative estimate of drug-likeness (QED) is 0.385. The predicted molar refractivity (Wildman–Crippen MR) is 153 cm³/mol. The zero-order valence-electron chi connectivity index (χ0n) is 21.6. The minimum Gasteiger partial charge on any atom is -0.351 e. The number of nitrogens with zero attached hydrogens (tertiary/aromatic N) is 5. The van der Waals surface area contributed by atoms with Crippen molar-refractivity contribution in [3.63, 3.8) is 0 Å². The lowest BCUT2D eigenvalue weighted by atomic mass is 10.1. The molecule has 0 saturated carbocycles. The molecule has 38 heavy (non-hydrogen) atoms. The average molecular weight is 550 g/mol. The molecule has 3 heterocycles. The molecule has 3 aromatic rings. The van der Waals surface area contributed by atoms with Crippen LogP contribution >= 0.6 is 11.8 Å². The van der Waals surface area contributed by atoms with Gasteiger partial charge in [0.15, 0.2) is 5.17 Å². The molecular formula is C28H31N5O3S2. The van der Waals surface area contributed by atoms with E-state index in [0.29, 0.717) is 29.3 Å². The van der Waals surface area contributed by atoms with Gasteiger partial charge in [-0.25, -0.2) is 13.1 Å². The number of likely N-dealkylation sites (tertiary alicyclic amines) is 1. The summed E-state index contributed by atoms with van der Waals surface area (Å²) in [6.45, 7) is 6.26. The maximum absolute atomic E-state index is 13.2. The summed E-state index contributed by atoms with van der Waals surface area (Å²) in [5.41, 5.74) is 2.84. The van der Waals surface area contributed by atoms with Crippen molar-refractivity contribution in [1.29, 1.82) is 0 Å². The Hall–Kier alpha value is -3.21. The minimum atomic E-state index is -3.64. The van der Waals surface area contributed by atoms with Crippen LogP contribution < -0.4 is 0 Å². The maximum Gasteiger partial charge on any atom is 0.286 e. The van der Waals surface area contributed by atoms with Gasteiger partial charge in [0.1, 0.15) is 5.69 Å². The SMILES string of the molecule is CCN(CC)S(=O)(=O)c1cccc(-c2nn(-c3ccccc3)cc2/C=C2/SC(N3CCCCC3)=NC2=O)c1. The highest BCUT2D eigenvalue weighted by Crippen LogP contribution is 2.34. The Morgan fingerprint density at radius 1 is 1.00 bits per heavy atom. The van der Waals surface area contributed by atoms with Gasteiger partial charge in [-0.05, 0) is 61.4 Å². The number of carbonyl (C=O) groups is 1. The minimum absolute atomic E-state index is 0.216. The van der Waals surface area contributed by atoms with Crippen LogP contribution in [0.1, 0.15) is 38.7 Å². The van der Waals surface area contributed by atoms with Crippen molar-refractivity contribution in [3.8, 4) is 16.9 Å². The van der Waals surface area contributed by atoms with Crippen molar-refractivity contribution in [1.82, 2.24) is 19.0 Å². The number of aromatic nitrogens is 2. The van der Waals surface area contributed by atoms with Gasteiger partial charge < -0.3 is 4.90 Å². The van der Waals surface area contributed by atoms with Crippen molar-refractivity contribution in [2.75, 3.05) is 26.2 Å². The van der Waals surface area contributed by atoms with Crippen molar-refractivity contribution in [2.24, 2.45) is 4.99 Å². The molecule has 2 aliphatic rings. The highest BCUT2D eigenvalue weighted by atomic mass is 32.2. The first-order chi connectivity index (χ1) is 18.4. The van der Waals surface area contributed by atoms with E-state index in [0.717, 1.165) is 42.3 Å². The fraction of sp³-hybridized carbons (Fsp3) is 0.321. The number of carbonyl (C=O) groups excluding carboxylic acids is 1. The molecule has 0 spiro atoms. The summed E-state index contributed by atoms with van der Waals surface area (Å²) in [6, 6.07) is 16.5. The lowest BCUT2D eigenvalue weighted by Gasteiger charge is -2.27. The molecule has 0 atom stereocenters. The highest BCUT2D eigenvalue weighted by Gasteiger charge is 2.28. The number of thioether (sulfide) groups is 1. The van der Waals surface area contributed by atoms with E-state index in [-0.39, 0.29) is 10.8 Å². The first kappa shape index (κ1) is 26.4. The maximum atomic E-state index is 13.2. The number of amidine groups is 1. The van der Waals surface area contributed by atoms with Crippen molar-refractivity contribution < 1.29 is 13.2 Å². The van der Waals surface area contributed by atoms with E-state index in [1.165, 1.54) is 22.5 Å². The van der Waals surface area contributed by atoms with E-state index in [1.807, 2.05) is 62.5 Å². The molecule has 1 saturated heterocycles. The molecule has 198 valence electrons. The Bertz CT molecular complexity index is 1490. The molecule has 0 unspecified atom stereocenters. The number of piperidine rings is 1. The summed E-state index contributed by atoms with van der Waals surface area (Å²) in [5, 5.41) is 5.59. The van der Waals surface area contributed by atoms with Gasteiger partial charge in [0.05, 0.1) is 15.5 Å². The number of rotatable bonds is 7. The molecule has 10 heteroatoms. The first-order valence-electron chi connectivity index (χ1n) is 12.9. The second-order valence-electron chi connectivity index (χ2n) is 9.19. The predicted octanol–water partition coefficient (Wildman–Crippen LogP) is 5.03. The Morgan fingerprint density at radius 3 is 2.45 bits per heavy atom. The Kier molecular flexibility index (Phi) is 7.83. The van der Waals surface area contributed by atoms with E-state index in [4.69, 9.17) is 5.10 Å². The Balaban J connectivity index is 1.55. The van der Waals surface area contributed by atoms with Gasteiger partial charge in [-0.2, -0.15) is 14.4 Å². The van der Waals surface area contributed by atoms with Crippen LogP contribution in [0.25, 0.3) is 23.0 Å². The summed E-state index contributed by atoms with van der Waals surface area (Å²) in [7, 11) is -3.64. The summed E-state index contributed by atoms with van der Waals surface area (Å²) >= 11 is 1.39. The molecule has 5 rings (SSSR count). The van der Waals surface area contributed by atoms with Gasteiger partial charge in [-0.1, -0.05) is 44.2 Å². The summed E-state index contributed by atoms with van der Waals surface area (Å²) in [5.74, 6) is -0.258. The third-order valence-corrected chi connectivity index (χ3v) is 9.83. The molecule has 2 aromatic carbocycles. The van der Waals surface area contributed by atoms with Crippen molar-refractivity contribution >= 4 is 38.9 Å². The van der Waals surface area contributed by atoms with Gasteiger partial charge in [0.2, 0.25) is 10.0 Å². The third kappa shape index (κ3) is 5.34. The highest BCUT2D eigenvalue weighted by molar-refractivity contribution is 8.18. The van der Waals surface area contributed by atoms with Crippen LogP contribution in [-0.4, -0.2) is 64.7 Å². The third-order valence-electron chi connectivity index (χ3n) is 6.74. The van der Waals surface area contributed by atoms with E-state index in [2.05, 4.69) is 9.89 Å². The second kappa shape index (κ2) is 11.3. The van der Waals surface area contributed by atoms with Crippen LogP contribution in [0.2, 0.25) is 0 Å². The van der Waals surface area contributed by atoms with Crippen LogP contribution in [-0.2, 0) is 14.8 Å². The van der Waals surface area contributed by atoms with Crippen LogP contribution in [0.3, 0.4) is 0 Å². The number of amides is 1. The zero-order chi connectivity index (χ0) is 26.7. The standard InChI is InChI=1S/C28H31N5O3S2/c1-3-32(4-2)38(35,36)24-15-11-12-21(18-24)26-22(20-33(30-26)23-13-7-5-8-14-23)19-25-27(34)29-28(37-25)31-16-9-6-10-17-31/h5,7-8,11-15,18-20H,3-4,6,9-10,16-17H2,1-2H3/b25-19+. The van der Waals surface area contributed by atoms with Gasteiger partial charge in [0.25, 0.3) is 5.91 Å². The topological polar surface area (TPSA) is 87.9 Å². The fourth-order valence-electron chi connectivity index (χ4n) is 4.71. The molecule has 0 radical (unpaired) electrons. The molecule has 0 N–H and O–H groups in total. The van der Waals surface area contributed by atoms with Crippen LogP contribution in [0.5, 0.6) is 0 Å². The number of para-hydroxylation sites is 1. The van der Waals surface area contributed by atoms with E-state index in [1.54, 1.807) is 22.9 Å². The Morgan fingerprint density at radius 2 is 1.74 bits per heavy atom. The molecule has 0 bridgehead atoms. The molecular weight excluding hydrogens is 518 g/mol. The van der Waals surface area contributed by atoms with E-state index in [9.17, 15) is 13.2 Å². The van der Waals surface area contributed by atoms with Crippen LogP contribution in [0, 0.1) is 0 Å². The molecule has 0 aliphatic carbocycles. The molecule has 2 aliphatic heterocycles. The van der Waals surface area contributed by atoms with Crippen LogP contribution in [0.4, 0.5) is 0 Å². The van der Waals surface area contributed by atoms with Gasteiger partial charge in [0, 0.05) is 43.5 Å². The molecule has 1 amide bonds. The van der Waals surface area contributed by atoms with Gasteiger partial charge in [-0.15, -0.1) is 0 Å². The average Bonchev–Trinajstić information content (AvgIpc) is 3.54. The Labute approximate surface area is 228 Å². The lowest BCUT2D eigenvalue weighted by Crippen LogP contribution is -2.33. The van der Waals surface area contributed by atoms with Crippen molar-refractivity contribution in [3.05, 3.63) is 71.3 Å². The molecule has 1 aromatic heterocycles. The number of hydrogen-bond donors (Lipinski definition) is 0. The monoisotopic (exact) mass is 549 g/mol. The number of benzene rings is 2. The number of sulfonamides is 1. The normalized spacial score (nSPS) is 17.4. The molecule has 8 nitrogen and oxygen atoms in total. The zero-order valence-corrected chi connectivity index (χ0v) is 23.2. The largest absolute Gasteiger partial charge is 0.351 e. The van der Waals surface area contributed by atoms with Gasteiger partial charge >= 0.3 is 0 Å². The summed E-state index contributed by atoms with van der Waals surface area (Å²) in [6.07, 6.45) is 7.11. The summed E-state index contributed by atoms with van der Waals surface area (Å²) in [4.78, 5) is 20.1. The second-order valence-corrected chi connectivity index (χ2v) is 12.1. The number of hydrogen-bond acceptors (Lipinski definition) is 6. The lowest BCUT2D eigenvalue weighted by molar-refractivity contribution is -0.113. The fourth-order valence-corrected chi connectivity index (χ4v) is 7.17. The van der Waals surface area contributed by atoms with Gasteiger partial charge in [-0.3, -0.25) is 4.79 Å². The van der Waals surface area contributed by atoms with Crippen LogP contribution in [0.15, 0.2) is 75.6 Å². The van der Waals surface area contributed by atoms with E-state index < -0.39 is 10.0 Å². The smallest absolute Gasteiger partial charge is 0.286 e. The molecule has 1 fully saturated rings. The van der Waals surface area contributed by atoms with E-state index >= 15 is 0 Å². The first-order valence-corrected chi connectivity index (χ1v) is 15.2. The van der Waals surface area contributed by atoms with Crippen molar-refractivity contribution in [2.45, 2.75) is 38.0 Å². The summed E-state index contributed by atoms with van der Waals surface area (Å²) < 4.78 is 29.6.